The van der Waals surface area contributed by atoms with Gasteiger partial charge in [-0.1, -0.05) is 42.0 Å². The summed E-state index contributed by atoms with van der Waals surface area (Å²) >= 11 is 1.74. The molecule has 3 aromatic rings. The number of nitrogens with one attached hydrogen (secondary N) is 1. The highest BCUT2D eigenvalue weighted by Gasteiger charge is 2.22. The first-order valence-corrected chi connectivity index (χ1v) is 11.2. The number of amides is 1. The molecule has 0 spiro atoms. The third-order valence-electron chi connectivity index (χ3n) is 5.56. The number of hydrogen-bond donors (Lipinski definition) is 1. The Morgan fingerprint density at radius 1 is 1.14 bits per heavy atom. The van der Waals surface area contributed by atoms with Gasteiger partial charge in [-0.15, -0.1) is 11.8 Å². The molecule has 1 aromatic heterocycles. The van der Waals surface area contributed by atoms with Gasteiger partial charge in [-0.3, -0.25) is 4.79 Å². The van der Waals surface area contributed by atoms with Crippen LogP contribution >= 0.6 is 11.8 Å². The van der Waals surface area contributed by atoms with E-state index < -0.39 is 0 Å². The summed E-state index contributed by atoms with van der Waals surface area (Å²) in [5.41, 5.74) is 7.66. The molecule has 4 rings (SSSR count). The molecular formula is C24H27N3OS. The Labute approximate surface area is 176 Å². The van der Waals surface area contributed by atoms with E-state index in [4.69, 9.17) is 0 Å². The maximum Gasteiger partial charge on any atom is 0.234 e. The van der Waals surface area contributed by atoms with Crippen LogP contribution in [0.1, 0.15) is 46.2 Å². The predicted octanol–water partition coefficient (Wildman–Crippen LogP) is 5.55. The van der Waals surface area contributed by atoms with Gasteiger partial charge in [0.05, 0.1) is 28.5 Å². The Bertz CT molecular complexity index is 1020. The number of fused-ring (bicyclic) bond motifs is 1. The van der Waals surface area contributed by atoms with Gasteiger partial charge >= 0.3 is 0 Å². The standard InChI is InChI=1S/C24H27N3OS/c1-16-11-13-20(14-12-16)27-18(3)24(17(2)26-27)25-23(28)15-29-22-10-6-8-19-7-4-5-9-21(19)22/h4-5,7,9,11-14,22H,6,8,10,15H2,1-3H3,(H,25,28). The molecule has 150 valence electrons. The van der Waals surface area contributed by atoms with Crippen LogP contribution in [0.5, 0.6) is 0 Å². The number of aryl methyl sites for hydroxylation is 3. The van der Waals surface area contributed by atoms with Crippen molar-refractivity contribution in [1.82, 2.24) is 9.78 Å². The number of nitrogens with zero attached hydrogens (tertiary/aromatic N) is 2. The van der Waals surface area contributed by atoms with Gasteiger partial charge in [0.2, 0.25) is 5.91 Å². The van der Waals surface area contributed by atoms with Crippen molar-refractivity contribution >= 4 is 23.4 Å². The molecule has 1 heterocycles. The SMILES string of the molecule is Cc1ccc(-n2nc(C)c(NC(=O)CSC3CCCc4ccccc43)c2C)cc1. The lowest BCUT2D eigenvalue weighted by Gasteiger charge is -2.24. The summed E-state index contributed by atoms with van der Waals surface area (Å²) < 4.78 is 1.90. The zero-order valence-corrected chi connectivity index (χ0v) is 18.1. The van der Waals surface area contributed by atoms with Crippen LogP contribution in [0, 0.1) is 20.8 Å². The lowest BCUT2D eigenvalue weighted by molar-refractivity contribution is -0.113. The van der Waals surface area contributed by atoms with E-state index in [1.807, 2.05) is 18.5 Å². The van der Waals surface area contributed by atoms with Gasteiger partial charge in [0.25, 0.3) is 0 Å². The molecule has 0 radical (unpaired) electrons. The molecule has 29 heavy (non-hydrogen) atoms. The maximum atomic E-state index is 12.7. The number of aromatic nitrogens is 2. The Kier molecular flexibility index (Phi) is 5.76. The molecule has 0 aliphatic heterocycles. The molecule has 2 aromatic carbocycles. The minimum atomic E-state index is 0.0349. The minimum absolute atomic E-state index is 0.0349. The van der Waals surface area contributed by atoms with Crippen LogP contribution in [0.4, 0.5) is 5.69 Å². The summed E-state index contributed by atoms with van der Waals surface area (Å²) in [6.45, 7) is 6.01. The third kappa shape index (κ3) is 4.25. The average Bonchev–Trinajstić information content (AvgIpc) is 3.01. The molecule has 1 amide bonds. The number of thioether (sulfide) groups is 1. The molecule has 0 saturated carbocycles. The maximum absolute atomic E-state index is 12.7. The second-order valence-corrected chi connectivity index (χ2v) is 8.92. The van der Waals surface area contributed by atoms with E-state index in [1.165, 1.54) is 23.1 Å². The molecule has 0 fully saturated rings. The number of carbonyl (C=O) groups excluding carboxylic acids is 1. The van der Waals surface area contributed by atoms with Gasteiger partial charge < -0.3 is 5.32 Å². The predicted molar refractivity (Wildman–Crippen MR) is 121 cm³/mol. The van der Waals surface area contributed by atoms with Crippen LogP contribution < -0.4 is 5.32 Å². The van der Waals surface area contributed by atoms with Crippen LogP contribution in [0.25, 0.3) is 5.69 Å². The highest BCUT2D eigenvalue weighted by molar-refractivity contribution is 8.00. The van der Waals surface area contributed by atoms with Crippen LogP contribution in [-0.2, 0) is 11.2 Å². The highest BCUT2D eigenvalue weighted by Crippen LogP contribution is 2.39. The normalized spacial score (nSPS) is 15.8. The topological polar surface area (TPSA) is 46.9 Å². The zero-order valence-electron chi connectivity index (χ0n) is 17.2. The van der Waals surface area contributed by atoms with Gasteiger partial charge in [0.15, 0.2) is 0 Å². The molecule has 1 aliphatic carbocycles. The van der Waals surface area contributed by atoms with Gasteiger partial charge in [-0.25, -0.2) is 4.68 Å². The first-order chi connectivity index (χ1) is 14.0. The van der Waals surface area contributed by atoms with E-state index in [1.54, 1.807) is 11.8 Å². The molecule has 1 unspecified atom stereocenters. The van der Waals surface area contributed by atoms with E-state index in [0.29, 0.717) is 11.0 Å². The van der Waals surface area contributed by atoms with Crippen molar-refractivity contribution in [3.63, 3.8) is 0 Å². The quantitative estimate of drug-likeness (QED) is 0.606. The molecule has 1 N–H and O–H groups in total. The fourth-order valence-corrected chi connectivity index (χ4v) is 5.16. The van der Waals surface area contributed by atoms with Crippen molar-refractivity contribution < 1.29 is 4.79 Å². The fraction of sp³-hybridized carbons (Fsp3) is 0.333. The number of rotatable bonds is 5. The summed E-state index contributed by atoms with van der Waals surface area (Å²) in [7, 11) is 0. The fourth-order valence-electron chi connectivity index (χ4n) is 4.00. The second-order valence-electron chi connectivity index (χ2n) is 7.73. The van der Waals surface area contributed by atoms with Crippen molar-refractivity contribution in [3.8, 4) is 5.69 Å². The third-order valence-corrected chi connectivity index (χ3v) is 6.89. The summed E-state index contributed by atoms with van der Waals surface area (Å²) in [4.78, 5) is 12.7. The second kappa shape index (κ2) is 8.46. The molecule has 0 saturated heterocycles. The van der Waals surface area contributed by atoms with E-state index in [-0.39, 0.29) is 5.91 Å². The summed E-state index contributed by atoms with van der Waals surface area (Å²) in [5.74, 6) is 0.487. The van der Waals surface area contributed by atoms with Crippen molar-refractivity contribution in [3.05, 3.63) is 76.6 Å². The molecular weight excluding hydrogens is 378 g/mol. The van der Waals surface area contributed by atoms with Gasteiger partial charge in [-0.2, -0.15) is 5.10 Å². The lowest BCUT2D eigenvalue weighted by Crippen LogP contribution is -2.17. The van der Waals surface area contributed by atoms with Gasteiger partial charge in [0.1, 0.15) is 0 Å². The number of anilines is 1. The molecule has 0 bridgehead atoms. The van der Waals surface area contributed by atoms with E-state index in [0.717, 1.165) is 35.6 Å². The van der Waals surface area contributed by atoms with Crippen molar-refractivity contribution in [1.29, 1.82) is 0 Å². The molecule has 1 atom stereocenters. The number of hydrogen-bond acceptors (Lipinski definition) is 3. The van der Waals surface area contributed by atoms with Crippen LogP contribution in [0.15, 0.2) is 48.5 Å². The molecule has 4 nitrogen and oxygen atoms in total. The Morgan fingerprint density at radius 3 is 2.69 bits per heavy atom. The molecule has 1 aliphatic rings. The lowest BCUT2D eigenvalue weighted by atomic mass is 9.91. The smallest absolute Gasteiger partial charge is 0.234 e. The highest BCUT2D eigenvalue weighted by atomic mass is 32.2. The Balaban J connectivity index is 1.44. The van der Waals surface area contributed by atoms with Gasteiger partial charge in [-0.05, 0) is 63.3 Å². The van der Waals surface area contributed by atoms with Crippen LogP contribution in [0.2, 0.25) is 0 Å². The van der Waals surface area contributed by atoms with Gasteiger partial charge in [0, 0.05) is 5.25 Å². The Morgan fingerprint density at radius 2 is 1.90 bits per heavy atom. The number of benzene rings is 2. The minimum Gasteiger partial charge on any atom is -0.322 e. The monoisotopic (exact) mass is 405 g/mol. The van der Waals surface area contributed by atoms with E-state index in [2.05, 4.69) is 65.9 Å². The summed E-state index contributed by atoms with van der Waals surface area (Å²) in [6, 6.07) is 16.9. The van der Waals surface area contributed by atoms with Crippen LogP contribution in [-0.4, -0.2) is 21.4 Å². The number of carbonyl (C=O) groups is 1. The summed E-state index contributed by atoms with van der Waals surface area (Å²) in [6.07, 6.45) is 3.48. The molecule has 5 heteroatoms. The zero-order chi connectivity index (χ0) is 20.4. The van der Waals surface area contributed by atoms with Crippen molar-refractivity contribution in [2.45, 2.75) is 45.3 Å². The van der Waals surface area contributed by atoms with Crippen LogP contribution in [0.3, 0.4) is 0 Å². The summed E-state index contributed by atoms with van der Waals surface area (Å²) in [5, 5.41) is 8.14. The first-order valence-electron chi connectivity index (χ1n) is 10.2. The van der Waals surface area contributed by atoms with E-state index >= 15 is 0 Å². The van der Waals surface area contributed by atoms with Crippen molar-refractivity contribution in [2.24, 2.45) is 0 Å². The van der Waals surface area contributed by atoms with Crippen molar-refractivity contribution in [2.75, 3.05) is 11.1 Å². The van der Waals surface area contributed by atoms with E-state index in [9.17, 15) is 4.79 Å². The largest absolute Gasteiger partial charge is 0.322 e. The Hall–Kier alpha value is -2.53. The first kappa shape index (κ1) is 19.8. The average molecular weight is 406 g/mol.